The van der Waals surface area contributed by atoms with Gasteiger partial charge in [0.2, 0.25) is 5.91 Å². The first-order chi connectivity index (χ1) is 10.0. The van der Waals surface area contributed by atoms with Gasteiger partial charge in [0.05, 0.1) is 18.4 Å². The molecule has 0 bridgehead atoms. The van der Waals surface area contributed by atoms with Crippen LogP contribution in [0.25, 0.3) is 0 Å². The number of hydrogen-bond acceptors (Lipinski definition) is 4. The van der Waals surface area contributed by atoms with Crippen LogP contribution in [0.15, 0.2) is 18.2 Å². The van der Waals surface area contributed by atoms with E-state index >= 15 is 0 Å². The fraction of sp³-hybridized carbons (Fsp3) is 0.467. The van der Waals surface area contributed by atoms with Gasteiger partial charge in [-0.15, -0.1) is 0 Å². The Hall–Kier alpha value is -1.59. The van der Waals surface area contributed by atoms with Crippen molar-refractivity contribution in [2.75, 3.05) is 12.4 Å². The van der Waals surface area contributed by atoms with E-state index in [0.29, 0.717) is 17.1 Å². The number of carbonyl (C=O) groups is 2. The highest BCUT2D eigenvalue weighted by Gasteiger charge is 2.26. The second kappa shape index (κ2) is 6.91. The van der Waals surface area contributed by atoms with E-state index in [-0.39, 0.29) is 23.4 Å². The highest BCUT2D eigenvalue weighted by atomic mass is 35.5. The molecule has 1 aliphatic carbocycles. The molecule has 114 valence electrons. The maximum absolute atomic E-state index is 12.3. The lowest BCUT2D eigenvalue weighted by Gasteiger charge is -2.25. The van der Waals surface area contributed by atoms with Gasteiger partial charge in [0.15, 0.2) is 0 Å². The number of benzene rings is 1. The van der Waals surface area contributed by atoms with Gasteiger partial charge in [-0.25, -0.2) is 4.79 Å². The molecule has 3 N–H and O–H groups in total. The predicted octanol–water partition coefficient (Wildman–Crippen LogP) is 2.58. The van der Waals surface area contributed by atoms with Crippen LogP contribution in [0.1, 0.15) is 36.0 Å². The van der Waals surface area contributed by atoms with Crippen LogP contribution in [-0.4, -0.2) is 25.0 Å². The van der Waals surface area contributed by atoms with Crippen molar-refractivity contribution in [1.82, 2.24) is 0 Å². The van der Waals surface area contributed by atoms with Crippen molar-refractivity contribution < 1.29 is 14.3 Å². The largest absolute Gasteiger partial charge is 0.465 e. The van der Waals surface area contributed by atoms with Gasteiger partial charge in [-0.3, -0.25) is 4.79 Å². The quantitative estimate of drug-likeness (QED) is 0.841. The minimum atomic E-state index is -0.534. The molecule has 2 rings (SSSR count). The van der Waals surface area contributed by atoms with Crippen LogP contribution < -0.4 is 11.1 Å². The van der Waals surface area contributed by atoms with Crippen molar-refractivity contribution in [3.8, 4) is 0 Å². The molecule has 6 heteroatoms. The maximum atomic E-state index is 12.3. The molecule has 0 radical (unpaired) electrons. The molecule has 1 aromatic rings. The smallest absolute Gasteiger partial charge is 0.340 e. The monoisotopic (exact) mass is 310 g/mol. The minimum absolute atomic E-state index is 0.0693. The van der Waals surface area contributed by atoms with E-state index in [1.54, 1.807) is 12.1 Å². The zero-order valence-corrected chi connectivity index (χ0v) is 12.7. The molecule has 0 aliphatic heterocycles. The van der Waals surface area contributed by atoms with E-state index in [0.717, 1.165) is 19.3 Å². The fourth-order valence-electron chi connectivity index (χ4n) is 2.60. The Balaban J connectivity index is 2.15. The Morgan fingerprint density at radius 3 is 2.81 bits per heavy atom. The minimum Gasteiger partial charge on any atom is -0.465 e. The number of amides is 1. The van der Waals surface area contributed by atoms with E-state index in [9.17, 15) is 9.59 Å². The summed E-state index contributed by atoms with van der Waals surface area (Å²) in [5.74, 6) is -0.763. The first kappa shape index (κ1) is 15.8. The molecule has 2 atom stereocenters. The SMILES string of the molecule is COC(=O)c1cc(Cl)ccc1NC(=O)C1CCCC(N)C1. The molecule has 0 aromatic heterocycles. The number of carbonyl (C=O) groups excluding carboxylic acids is 2. The summed E-state index contributed by atoms with van der Waals surface area (Å²) in [6, 6.07) is 4.78. The van der Waals surface area contributed by atoms with Crippen LogP contribution in [0.5, 0.6) is 0 Å². The molecule has 1 saturated carbocycles. The summed E-state index contributed by atoms with van der Waals surface area (Å²) in [7, 11) is 1.29. The standard InChI is InChI=1S/C15H19ClN2O3/c1-21-15(20)12-8-10(16)5-6-13(12)18-14(19)9-3-2-4-11(17)7-9/h5-6,8-9,11H,2-4,7,17H2,1H3,(H,18,19). The number of nitrogens with one attached hydrogen (secondary N) is 1. The summed E-state index contributed by atoms with van der Waals surface area (Å²) in [4.78, 5) is 24.1. The van der Waals surface area contributed by atoms with Crippen LogP contribution >= 0.6 is 11.6 Å². The van der Waals surface area contributed by atoms with E-state index in [2.05, 4.69) is 5.32 Å². The third kappa shape index (κ3) is 3.95. The molecule has 1 fully saturated rings. The van der Waals surface area contributed by atoms with E-state index in [1.165, 1.54) is 13.2 Å². The summed E-state index contributed by atoms with van der Waals surface area (Å²) in [5, 5.41) is 3.20. The number of nitrogens with two attached hydrogens (primary N) is 1. The van der Waals surface area contributed by atoms with Crippen LogP contribution in [0, 0.1) is 5.92 Å². The molecular formula is C15H19ClN2O3. The summed E-state index contributed by atoms with van der Waals surface area (Å²) in [6.07, 6.45) is 3.40. The number of methoxy groups -OCH3 is 1. The van der Waals surface area contributed by atoms with E-state index in [4.69, 9.17) is 22.1 Å². The zero-order valence-electron chi connectivity index (χ0n) is 11.9. The molecular weight excluding hydrogens is 292 g/mol. The topological polar surface area (TPSA) is 81.4 Å². The summed E-state index contributed by atoms with van der Waals surface area (Å²) < 4.78 is 4.71. The van der Waals surface area contributed by atoms with Crippen LogP contribution in [0.3, 0.4) is 0 Å². The average molecular weight is 311 g/mol. The van der Waals surface area contributed by atoms with Crippen LogP contribution in [0.4, 0.5) is 5.69 Å². The molecule has 21 heavy (non-hydrogen) atoms. The summed E-state index contributed by atoms with van der Waals surface area (Å²) in [6.45, 7) is 0. The number of esters is 1. The number of halogens is 1. The lowest BCUT2D eigenvalue weighted by Crippen LogP contribution is -2.34. The van der Waals surface area contributed by atoms with Gasteiger partial charge < -0.3 is 15.8 Å². The van der Waals surface area contributed by atoms with Crippen molar-refractivity contribution >= 4 is 29.2 Å². The molecule has 1 amide bonds. The van der Waals surface area contributed by atoms with Gasteiger partial charge in [-0.2, -0.15) is 0 Å². The van der Waals surface area contributed by atoms with Crippen LogP contribution in [0.2, 0.25) is 5.02 Å². The number of ether oxygens (including phenoxy) is 1. The van der Waals surface area contributed by atoms with Crippen LogP contribution in [-0.2, 0) is 9.53 Å². The lowest BCUT2D eigenvalue weighted by atomic mass is 9.85. The Kier molecular flexibility index (Phi) is 5.20. The lowest BCUT2D eigenvalue weighted by molar-refractivity contribution is -0.120. The molecule has 0 spiro atoms. The van der Waals surface area contributed by atoms with Crippen molar-refractivity contribution in [3.05, 3.63) is 28.8 Å². The number of hydrogen-bond donors (Lipinski definition) is 2. The van der Waals surface area contributed by atoms with Gasteiger partial charge in [0.1, 0.15) is 0 Å². The summed E-state index contributed by atoms with van der Waals surface area (Å²) in [5.41, 5.74) is 6.57. The molecule has 1 aromatic carbocycles. The zero-order chi connectivity index (χ0) is 15.4. The first-order valence-corrected chi connectivity index (χ1v) is 7.33. The molecule has 0 saturated heterocycles. The Bertz CT molecular complexity index is 548. The van der Waals surface area contributed by atoms with Gasteiger partial charge in [0.25, 0.3) is 0 Å². The second-order valence-electron chi connectivity index (χ2n) is 5.29. The van der Waals surface area contributed by atoms with Crippen molar-refractivity contribution in [2.45, 2.75) is 31.7 Å². The van der Waals surface area contributed by atoms with Gasteiger partial charge in [-0.05, 0) is 37.5 Å². The van der Waals surface area contributed by atoms with Crippen molar-refractivity contribution in [1.29, 1.82) is 0 Å². The highest BCUT2D eigenvalue weighted by molar-refractivity contribution is 6.31. The van der Waals surface area contributed by atoms with Crippen molar-refractivity contribution in [3.63, 3.8) is 0 Å². The third-order valence-electron chi connectivity index (χ3n) is 3.73. The Labute approximate surface area is 128 Å². The molecule has 5 nitrogen and oxygen atoms in total. The van der Waals surface area contributed by atoms with Gasteiger partial charge in [-0.1, -0.05) is 18.0 Å². The van der Waals surface area contributed by atoms with E-state index < -0.39 is 5.97 Å². The normalized spacial score (nSPS) is 21.7. The number of anilines is 1. The number of rotatable bonds is 3. The fourth-order valence-corrected chi connectivity index (χ4v) is 2.78. The third-order valence-corrected chi connectivity index (χ3v) is 3.97. The maximum Gasteiger partial charge on any atom is 0.340 e. The Morgan fingerprint density at radius 1 is 1.38 bits per heavy atom. The van der Waals surface area contributed by atoms with Crippen molar-refractivity contribution in [2.24, 2.45) is 11.7 Å². The molecule has 0 heterocycles. The first-order valence-electron chi connectivity index (χ1n) is 6.95. The highest BCUT2D eigenvalue weighted by Crippen LogP contribution is 2.26. The average Bonchev–Trinajstić information content (AvgIpc) is 2.48. The van der Waals surface area contributed by atoms with E-state index in [1.807, 2.05) is 0 Å². The second-order valence-corrected chi connectivity index (χ2v) is 5.73. The molecule has 1 aliphatic rings. The predicted molar refractivity (Wildman–Crippen MR) is 81.4 cm³/mol. The van der Waals surface area contributed by atoms with Gasteiger partial charge in [0, 0.05) is 17.0 Å². The van der Waals surface area contributed by atoms with Gasteiger partial charge >= 0.3 is 5.97 Å². The summed E-state index contributed by atoms with van der Waals surface area (Å²) >= 11 is 5.89. The Morgan fingerprint density at radius 2 is 2.14 bits per heavy atom. The molecule has 2 unspecified atom stereocenters.